The Morgan fingerprint density at radius 2 is 2.33 bits per heavy atom. The zero-order valence-electron chi connectivity index (χ0n) is 13.8. The lowest BCUT2D eigenvalue weighted by Gasteiger charge is -2.41. The SMILES string of the molecule is Cc1cc(N2CCC[C@@](O)(CN(C)C(=O)c3ccno3)C2)ncn1. The van der Waals surface area contributed by atoms with Crippen molar-refractivity contribution < 1.29 is 14.4 Å². The van der Waals surface area contributed by atoms with E-state index >= 15 is 0 Å². The Morgan fingerprint density at radius 3 is 3.04 bits per heavy atom. The van der Waals surface area contributed by atoms with Crippen LogP contribution in [-0.4, -0.2) is 63.3 Å². The minimum Gasteiger partial charge on any atom is -0.386 e. The van der Waals surface area contributed by atoms with Gasteiger partial charge in [0, 0.05) is 38.0 Å². The number of aromatic nitrogens is 3. The summed E-state index contributed by atoms with van der Waals surface area (Å²) in [4.78, 5) is 24.2. The van der Waals surface area contributed by atoms with Crippen molar-refractivity contribution in [3.05, 3.63) is 36.1 Å². The van der Waals surface area contributed by atoms with Crippen LogP contribution in [0.3, 0.4) is 0 Å². The lowest BCUT2D eigenvalue weighted by atomic mass is 9.92. The van der Waals surface area contributed by atoms with Crippen LogP contribution in [0.25, 0.3) is 0 Å². The third-order valence-electron chi connectivity index (χ3n) is 4.20. The molecule has 24 heavy (non-hydrogen) atoms. The number of hydrogen-bond donors (Lipinski definition) is 1. The smallest absolute Gasteiger partial charge is 0.292 e. The molecule has 0 spiro atoms. The molecule has 0 aliphatic carbocycles. The van der Waals surface area contributed by atoms with Gasteiger partial charge in [0.2, 0.25) is 5.76 Å². The number of carbonyl (C=O) groups is 1. The van der Waals surface area contributed by atoms with Gasteiger partial charge in [-0.1, -0.05) is 5.16 Å². The van der Waals surface area contributed by atoms with Gasteiger partial charge < -0.3 is 19.4 Å². The van der Waals surface area contributed by atoms with Crippen LogP contribution in [0.4, 0.5) is 5.82 Å². The molecule has 3 rings (SSSR count). The zero-order valence-corrected chi connectivity index (χ0v) is 13.8. The van der Waals surface area contributed by atoms with E-state index in [0.717, 1.165) is 24.5 Å². The normalized spacial score (nSPS) is 20.9. The molecule has 1 saturated heterocycles. The van der Waals surface area contributed by atoms with Crippen LogP contribution in [0.1, 0.15) is 29.1 Å². The summed E-state index contributed by atoms with van der Waals surface area (Å²) in [7, 11) is 1.65. The number of nitrogens with zero attached hydrogens (tertiary/aromatic N) is 5. The molecule has 8 nitrogen and oxygen atoms in total. The van der Waals surface area contributed by atoms with Crippen LogP contribution in [-0.2, 0) is 0 Å². The van der Waals surface area contributed by atoms with E-state index in [1.54, 1.807) is 7.05 Å². The first kappa shape index (κ1) is 16.4. The van der Waals surface area contributed by atoms with Gasteiger partial charge in [-0.25, -0.2) is 9.97 Å². The van der Waals surface area contributed by atoms with E-state index in [4.69, 9.17) is 4.52 Å². The number of rotatable bonds is 4. The molecule has 2 aromatic rings. The lowest BCUT2D eigenvalue weighted by Crippen LogP contribution is -2.54. The van der Waals surface area contributed by atoms with Crippen molar-refractivity contribution in [3.63, 3.8) is 0 Å². The van der Waals surface area contributed by atoms with Gasteiger partial charge in [0.25, 0.3) is 5.91 Å². The molecule has 3 heterocycles. The van der Waals surface area contributed by atoms with Crippen molar-refractivity contribution in [1.82, 2.24) is 20.0 Å². The monoisotopic (exact) mass is 331 g/mol. The fraction of sp³-hybridized carbons (Fsp3) is 0.500. The molecule has 128 valence electrons. The summed E-state index contributed by atoms with van der Waals surface area (Å²) < 4.78 is 4.89. The largest absolute Gasteiger partial charge is 0.386 e. The van der Waals surface area contributed by atoms with Gasteiger partial charge in [0.1, 0.15) is 12.1 Å². The fourth-order valence-corrected chi connectivity index (χ4v) is 3.08. The molecule has 0 unspecified atom stereocenters. The van der Waals surface area contributed by atoms with Gasteiger partial charge in [-0.15, -0.1) is 0 Å². The van der Waals surface area contributed by atoms with Crippen molar-refractivity contribution >= 4 is 11.7 Å². The molecule has 0 saturated carbocycles. The minimum atomic E-state index is -0.998. The van der Waals surface area contributed by atoms with Crippen LogP contribution in [0.2, 0.25) is 0 Å². The first-order valence-electron chi connectivity index (χ1n) is 7.89. The molecule has 1 N–H and O–H groups in total. The van der Waals surface area contributed by atoms with Gasteiger partial charge in [0.15, 0.2) is 0 Å². The van der Waals surface area contributed by atoms with Crippen LogP contribution < -0.4 is 4.90 Å². The Morgan fingerprint density at radius 1 is 1.50 bits per heavy atom. The van der Waals surface area contributed by atoms with E-state index in [-0.39, 0.29) is 18.2 Å². The Bertz CT molecular complexity index is 705. The maximum absolute atomic E-state index is 12.3. The van der Waals surface area contributed by atoms with E-state index in [1.165, 1.54) is 23.5 Å². The Labute approximate surface area is 140 Å². The van der Waals surface area contributed by atoms with E-state index in [9.17, 15) is 9.90 Å². The van der Waals surface area contributed by atoms with Crippen LogP contribution in [0, 0.1) is 6.92 Å². The molecule has 0 bridgehead atoms. The highest BCUT2D eigenvalue weighted by atomic mass is 16.5. The van der Waals surface area contributed by atoms with Crippen molar-refractivity contribution in [2.24, 2.45) is 0 Å². The third-order valence-corrected chi connectivity index (χ3v) is 4.20. The second kappa shape index (κ2) is 6.56. The number of amides is 1. The van der Waals surface area contributed by atoms with E-state index in [2.05, 4.69) is 15.1 Å². The average Bonchev–Trinajstić information content (AvgIpc) is 3.08. The van der Waals surface area contributed by atoms with Gasteiger partial charge in [0.05, 0.1) is 18.3 Å². The van der Waals surface area contributed by atoms with Crippen LogP contribution >= 0.6 is 0 Å². The molecule has 0 aromatic carbocycles. The van der Waals surface area contributed by atoms with Gasteiger partial charge in [-0.05, 0) is 19.8 Å². The Kier molecular flexibility index (Phi) is 4.48. The number of β-amino-alcohol motifs (C(OH)–C–C–N with tert-alkyl or cyclic N) is 1. The molecule has 0 radical (unpaired) electrons. The second-order valence-electron chi connectivity index (χ2n) is 6.30. The number of aryl methyl sites for hydroxylation is 1. The highest BCUT2D eigenvalue weighted by molar-refractivity contribution is 5.91. The summed E-state index contributed by atoms with van der Waals surface area (Å²) >= 11 is 0. The number of carbonyl (C=O) groups excluding carboxylic acids is 1. The van der Waals surface area contributed by atoms with Crippen molar-refractivity contribution in [2.75, 3.05) is 31.6 Å². The molecule has 1 atom stereocenters. The fourth-order valence-electron chi connectivity index (χ4n) is 3.08. The zero-order chi connectivity index (χ0) is 17.2. The van der Waals surface area contributed by atoms with E-state index in [0.29, 0.717) is 13.0 Å². The molecule has 1 fully saturated rings. The van der Waals surface area contributed by atoms with Gasteiger partial charge in [-0.2, -0.15) is 0 Å². The van der Waals surface area contributed by atoms with Gasteiger partial charge >= 0.3 is 0 Å². The summed E-state index contributed by atoms with van der Waals surface area (Å²) in [5.74, 6) is 0.668. The number of anilines is 1. The first-order chi connectivity index (χ1) is 11.5. The van der Waals surface area contributed by atoms with Gasteiger partial charge in [-0.3, -0.25) is 4.79 Å². The number of likely N-dealkylation sites (N-methyl/N-ethyl adjacent to an activating group) is 1. The van der Waals surface area contributed by atoms with Crippen LogP contribution in [0.5, 0.6) is 0 Å². The van der Waals surface area contributed by atoms with Crippen molar-refractivity contribution in [2.45, 2.75) is 25.4 Å². The predicted octanol–water partition coefficient (Wildman–Crippen LogP) is 0.877. The number of aliphatic hydroxyl groups is 1. The summed E-state index contributed by atoms with van der Waals surface area (Å²) in [6.45, 7) is 3.36. The quantitative estimate of drug-likeness (QED) is 0.888. The maximum atomic E-state index is 12.3. The van der Waals surface area contributed by atoms with E-state index < -0.39 is 5.60 Å². The van der Waals surface area contributed by atoms with Crippen molar-refractivity contribution in [1.29, 1.82) is 0 Å². The topological polar surface area (TPSA) is 95.6 Å². The summed E-state index contributed by atoms with van der Waals surface area (Å²) in [6.07, 6.45) is 4.40. The molecule has 8 heteroatoms. The summed E-state index contributed by atoms with van der Waals surface area (Å²) in [6, 6.07) is 3.41. The second-order valence-corrected chi connectivity index (χ2v) is 6.30. The maximum Gasteiger partial charge on any atom is 0.292 e. The lowest BCUT2D eigenvalue weighted by molar-refractivity contribution is -0.00107. The molecule has 1 amide bonds. The summed E-state index contributed by atoms with van der Waals surface area (Å²) in [5.41, 5.74) is -0.117. The minimum absolute atomic E-state index is 0.167. The summed E-state index contributed by atoms with van der Waals surface area (Å²) in [5, 5.41) is 14.5. The number of piperidine rings is 1. The molecular formula is C16H21N5O3. The predicted molar refractivity (Wildman–Crippen MR) is 86.6 cm³/mol. The van der Waals surface area contributed by atoms with E-state index in [1.807, 2.05) is 17.9 Å². The van der Waals surface area contributed by atoms with Crippen molar-refractivity contribution in [3.8, 4) is 0 Å². The highest BCUT2D eigenvalue weighted by Crippen LogP contribution is 2.26. The Balaban J connectivity index is 1.69. The third kappa shape index (κ3) is 3.53. The number of hydrogen-bond acceptors (Lipinski definition) is 7. The molecular weight excluding hydrogens is 310 g/mol. The molecule has 1 aliphatic heterocycles. The molecule has 1 aliphatic rings. The Hall–Kier alpha value is -2.48. The average molecular weight is 331 g/mol. The first-order valence-corrected chi connectivity index (χ1v) is 7.89. The standard InChI is InChI=1S/C16H21N5O3/c1-12-8-14(18-11-17-12)21-7-3-5-16(23,10-21)9-20(2)15(22)13-4-6-19-24-13/h4,6,8,11,23H,3,5,7,9-10H2,1-2H3/t16-/m1/s1. The van der Waals surface area contributed by atoms with Crippen LogP contribution in [0.15, 0.2) is 29.2 Å². The molecule has 2 aromatic heterocycles. The highest BCUT2D eigenvalue weighted by Gasteiger charge is 2.36.